The smallest absolute Gasteiger partial charge is 0.419 e. The Balaban J connectivity index is 1.14. The number of amides is 4. The third-order valence-corrected chi connectivity index (χ3v) is 7.74. The number of nitrogens with zero attached hydrogens (tertiary/aromatic N) is 4. The van der Waals surface area contributed by atoms with Gasteiger partial charge in [-0.05, 0) is 50.4 Å². The summed E-state index contributed by atoms with van der Waals surface area (Å²) in [5.41, 5.74) is 1.09. The van der Waals surface area contributed by atoms with Gasteiger partial charge in [0.05, 0.1) is 11.4 Å². The van der Waals surface area contributed by atoms with Gasteiger partial charge in [0.15, 0.2) is 11.6 Å². The third-order valence-electron chi connectivity index (χ3n) is 7.74. The molecule has 12 nitrogen and oxygen atoms in total. The SMILES string of the molecule is O=C(O)[C@@H]1[C@@H](CC2CCNCC2)C(=O)N1C(=O)N1CCN(C(=O)CCn2c(=O)oc3ccccc32)CC1. The molecule has 3 aliphatic rings. The van der Waals surface area contributed by atoms with Gasteiger partial charge in [-0.1, -0.05) is 12.1 Å². The Kier molecular flexibility index (Phi) is 7.00. The van der Waals surface area contributed by atoms with Crippen molar-refractivity contribution >= 4 is 34.9 Å². The number of fused-ring (bicyclic) bond motifs is 1. The van der Waals surface area contributed by atoms with Gasteiger partial charge in [-0.2, -0.15) is 0 Å². The van der Waals surface area contributed by atoms with Gasteiger partial charge >= 0.3 is 17.8 Å². The topological polar surface area (TPSA) is 145 Å². The predicted molar refractivity (Wildman–Crippen MR) is 131 cm³/mol. The van der Waals surface area contributed by atoms with Gasteiger partial charge in [-0.3, -0.25) is 14.2 Å². The molecule has 0 bridgehead atoms. The summed E-state index contributed by atoms with van der Waals surface area (Å²) < 4.78 is 6.63. The zero-order valence-electron chi connectivity index (χ0n) is 20.5. The molecule has 4 amide bonds. The Hall–Kier alpha value is -3.67. The van der Waals surface area contributed by atoms with Crippen LogP contribution in [0.4, 0.5) is 4.79 Å². The molecule has 5 rings (SSSR count). The summed E-state index contributed by atoms with van der Waals surface area (Å²) in [4.78, 5) is 66.7. The van der Waals surface area contributed by atoms with Gasteiger partial charge in [0, 0.05) is 39.1 Å². The molecule has 1 aromatic heterocycles. The van der Waals surface area contributed by atoms with Crippen LogP contribution >= 0.6 is 0 Å². The summed E-state index contributed by atoms with van der Waals surface area (Å²) in [5.74, 6) is -2.66. The first kappa shape index (κ1) is 25.0. The first-order chi connectivity index (χ1) is 17.8. The van der Waals surface area contributed by atoms with Crippen molar-refractivity contribution in [2.75, 3.05) is 39.3 Å². The van der Waals surface area contributed by atoms with Crippen LogP contribution in [0.3, 0.4) is 0 Å². The van der Waals surface area contributed by atoms with E-state index in [1.165, 1.54) is 9.47 Å². The molecule has 0 spiro atoms. The van der Waals surface area contributed by atoms with Gasteiger partial charge in [-0.25, -0.2) is 19.3 Å². The number of likely N-dealkylation sites (tertiary alicyclic amines) is 1. The lowest BCUT2D eigenvalue weighted by molar-refractivity contribution is -0.167. The second-order valence-corrected chi connectivity index (χ2v) is 9.91. The number of aliphatic carboxylic acids is 1. The summed E-state index contributed by atoms with van der Waals surface area (Å²) >= 11 is 0. The van der Waals surface area contributed by atoms with E-state index in [2.05, 4.69) is 5.32 Å². The fraction of sp³-hybridized carbons (Fsp3) is 0.560. The first-order valence-corrected chi connectivity index (χ1v) is 12.8. The minimum atomic E-state index is -1.16. The second kappa shape index (κ2) is 10.4. The number of aryl methyl sites for hydroxylation is 1. The van der Waals surface area contributed by atoms with Crippen LogP contribution in [0.2, 0.25) is 0 Å². The molecule has 2 N–H and O–H groups in total. The average molecular weight is 514 g/mol. The number of carboxylic acids is 1. The van der Waals surface area contributed by atoms with Crippen LogP contribution in [0.1, 0.15) is 25.7 Å². The van der Waals surface area contributed by atoms with Crippen LogP contribution in [0, 0.1) is 11.8 Å². The summed E-state index contributed by atoms with van der Waals surface area (Å²) in [7, 11) is 0. The number of hydrogen-bond acceptors (Lipinski definition) is 7. The van der Waals surface area contributed by atoms with Crippen molar-refractivity contribution in [2.24, 2.45) is 11.8 Å². The zero-order chi connectivity index (χ0) is 26.1. The first-order valence-electron chi connectivity index (χ1n) is 12.8. The number of carbonyl (C=O) groups is 4. The number of rotatable bonds is 6. The molecule has 3 fully saturated rings. The number of imide groups is 1. The largest absolute Gasteiger partial charge is 0.480 e. The maximum Gasteiger partial charge on any atom is 0.419 e. The number of piperidine rings is 1. The highest BCUT2D eigenvalue weighted by atomic mass is 16.4. The van der Waals surface area contributed by atoms with E-state index < -0.39 is 35.6 Å². The maximum atomic E-state index is 13.1. The number of hydrogen-bond donors (Lipinski definition) is 2. The highest BCUT2D eigenvalue weighted by Gasteiger charge is 2.56. The molecule has 2 aromatic rings. The van der Waals surface area contributed by atoms with Crippen molar-refractivity contribution in [3.63, 3.8) is 0 Å². The van der Waals surface area contributed by atoms with Crippen LogP contribution in [0.25, 0.3) is 11.1 Å². The molecule has 2 atom stereocenters. The van der Waals surface area contributed by atoms with Crippen molar-refractivity contribution in [3.05, 3.63) is 34.8 Å². The van der Waals surface area contributed by atoms with Gasteiger partial charge in [0.2, 0.25) is 11.8 Å². The standard InChI is InChI=1S/C25H31N5O7/c31-20(7-10-29-18-3-1-2-4-19(18)37-25(29)36)27-11-13-28(14-12-27)24(35)30-21(23(33)34)17(22(30)32)15-16-5-8-26-9-6-16/h1-4,16-17,21,26H,5-15H2,(H,33,34)/t17-,21+/m1/s1. The van der Waals surface area contributed by atoms with E-state index in [-0.39, 0.29) is 51.0 Å². The number of aromatic nitrogens is 1. The lowest BCUT2D eigenvalue weighted by Gasteiger charge is -2.47. The van der Waals surface area contributed by atoms with Crippen molar-refractivity contribution in [3.8, 4) is 0 Å². The minimum absolute atomic E-state index is 0.0987. The molecule has 1 aromatic carbocycles. The molecular weight excluding hydrogens is 482 g/mol. The molecule has 0 aliphatic carbocycles. The number of carbonyl (C=O) groups excluding carboxylic acids is 3. The van der Waals surface area contributed by atoms with E-state index in [1.54, 1.807) is 29.2 Å². The molecular formula is C25H31N5O7. The Bertz CT molecular complexity index is 1260. The Morgan fingerprint density at radius 1 is 1.00 bits per heavy atom. The monoisotopic (exact) mass is 513 g/mol. The Morgan fingerprint density at radius 2 is 1.68 bits per heavy atom. The zero-order valence-corrected chi connectivity index (χ0v) is 20.5. The molecule has 3 aliphatic heterocycles. The number of oxazole rings is 1. The number of para-hydroxylation sites is 2. The maximum absolute atomic E-state index is 13.1. The average Bonchev–Trinajstić information content (AvgIpc) is 3.23. The second-order valence-electron chi connectivity index (χ2n) is 9.91. The molecule has 37 heavy (non-hydrogen) atoms. The number of piperazine rings is 1. The van der Waals surface area contributed by atoms with Crippen LogP contribution < -0.4 is 11.1 Å². The number of benzene rings is 1. The highest BCUT2D eigenvalue weighted by Crippen LogP contribution is 2.35. The van der Waals surface area contributed by atoms with Gasteiger partial charge in [0.25, 0.3) is 0 Å². The molecule has 0 unspecified atom stereocenters. The molecule has 3 saturated heterocycles. The predicted octanol–water partition coefficient (Wildman–Crippen LogP) is 0.550. The minimum Gasteiger partial charge on any atom is -0.480 e. The van der Waals surface area contributed by atoms with E-state index in [0.29, 0.717) is 17.5 Å². The fourth-order valence-corrected chi connectivity index (χ4v) is 5.64. The van der Waals surface area contributed by atoms with E-state index in [4.69, 9.17) is 4.42 Å². The molecule has 198 valence electrons. The quantitative estimate of drug-likeness (QED) is 0.533. The van der Waals surface area contributed by atoms with Crippen LogP contribution in [-0.2, 0) is 20.9 Å². The number of nitrogens with one attached hydrogen (secondary N) is 1. The Morgan fingerprint density at radius 3 is 2.38 bits per heavy atom. The molecule has 0 radical (unpaired) electrons. The van der Waals surface area contributed by atoms with Crippen molar-refractivity contribution in [1.29, 1.82) is 0 Å². The van der Waals surface area contributed by atoms with Crippen LogP contribution in [0.5, 0.6) is 0 Å². The lowest BCUT2D eigenvalue weighted by Crippen LogP contribution is -2.69. The Labute approximate surface area is 212 Å². The number of urea groups is 1. The molecule has 4 heterocycles. The fourth-order valence-electron chi connectivity index (χ4n) is 5.64. The normalized spacial score (nSPS) is 22.8. The van der Waals surface area contributed by atoms with Crippen LogP contribution in [-0.4, -0.2) is 93.5 Å². The molecule has 0 saturated carbocycles. The van der Waals surface area contributed by atoms with Crippen molar-refractivity contribution in [1.82, 2.24) is 24.6 Å². The van der Waals surface area contributed by atoms with E-state index in [9.17, 15) is 29.1 Å². The lowest BCUT2D eigenvalue weighted by atomic mass is 9.78. The number of carboxylic acid groups (broad SMARTS) is 1. The van der Waals surface area contributed by atoms with Crippen molar-refractivity contribution < 1.29 is 28.7 Å². The van der Waals surface area contributed by atoms with E-state index in [0.717, 1.165) is 30.8 Å². The van der Waals surface area contributed by atoms with Gasteiger partial charge in [0.1, 0.15) is 0 Å². The summed E-state index contributed by atoms with van der Waals surface area (Å²) in [6.07, 6.45) is 2.37. The summed E-state index contributed by atoms with van der Waals surface area (Å²) in [6.45, 7) is 2.82. The van der Waals surface area contributed by atoms with E-state index >= 15 is 0 Å². The van der Waals surface area contributed by atoms with E-state index in [1.807, 2.05) is 0 Å². The van der Waals surface area contributed by atoms with Gasteiger partial charge in [-0.15, -0.1) is 0 Å². The van der Waals surface area contributed by atoms with Gasteiger partial charge < -0.3 is 24.6 Å². The van der Waals surface area contributed by atoms with Crippen LogP contribution in [0.15, 0.2) is 33.5 Å². The van der Waals surface area contributed by atoms with Crippen molar-refractivity contribution in [2.45, 2.75) is 38.3 Å². The third kappa shape index (κ3) is 4.85. The summed E-state index contributed by atoms with van der Waals surface area (Å²) in [5, 5.41) is 13.0. The highest BCUT2D eigenvalue weighted by molar-refractivity contribution is 6.07. The summed E-state index contributed by atoms with van der Waals surface area (Å²) in [6, 6.07) is 5.26. The number of β-lactam (4-membered cyclic amide) rings is 1. The molecule has 12 heteroatoms.